The lowest BCUT2D eigenvalue weighted by Gasteiger charge is -2.44. The Balaban J connectivity index is 2.41. The van der Waals surface area contributed by atoms with E-state index in [2.05, 4.69) is 20.4 Å². The third-order valence-corrected chi connectivity index (χ3v) is 5.06. The van der Waals surface area contributed by atoms with Crippen LogP contribution in [0.15, 0.2) is 23.8 Å². The minimum Gasteiger partial charge on any atom is -0.458 e. The van der Waals surface area contributed by atoms with Crippen molar-refractivity contribution in [2.45, 2.75) is 52.4 Å². The first-order chi connectivity index (χ1) is 9.79. The largest absolute Gasteiger partial charge is 0.458 e. The van der Waals surface area contributed by atoms with E-state index in [-0.39, 0.29) is 35.7 Å². The van der Waals surface area contributed by atoms with Crippen molar-refractivity contribution in [1.29, 1.82) is 0 Å². The molecule has 0 unspecified atom stereocenters. The van der Waals surface area contributed by atoms with Crippen LogP contribution >= 0.6 is 0 Å². The molecule has 0 spiro atoms. The monoisotopic (exact) mass is 294 g/mol. The third-order valence-electron chi connectivity index (χ3n) is 5.06. The minimum absolute atomic E-state index is 0.0535. The number of ether oxygens (including phenoxy) is 1. The summed E-state index contributed by atoms with van der Waals surface area (Å²) in [6, 6.07) is 0. The number of aliphatic hydroxyl groups is 2. The molecule has 0 aromatic carbocycles. The lowest BCUT2D eigenvalue weighted by molar-refractivity contribution is -0.144. The lowest BCUT2D eigenvalue weighted by atomic mass is 9.64. The molecule has 0 aromatic rings. The van der Waals surface area contributed by atoms with Crippen molar-refractivity contribution in [2.75, 3.05) is 0 Å². The molecule has 2 aliphatic carbocycles. The summed E-state index contributed by atoms with van der Waals surface area (Å²) in [7, 11) is 0. The van der Waals surface area contributed by atoms with Gasteiger partial charge in [-0.3, -0.25) is 4.79 Å². The normalized spacial score (nSPS) is 41.5. The first kappa shape index (κ1) is 16.2. The summed E-state index contributed by atoms with van der Waals surface area (Å²) in [6.45, 7) is 11.4. The number of hydrogen-bond acceptors (Lipinski definition) is 4. The zero-order valence-corrected chi connectivity index (χ0v) is 13.2. The number of hydrogen-bond donors (Lipinski definition) is 2. The zero-order valence-electron chi connectivity index (χ0n) is 13.2. The molecule has 2 rings (SSSR count). The van der Waals surface area contributed by atoms with Crippen LogP contribution in [0.2, 0.25) is 0 Å². The highest BCUT2D eigenvalue weighted by Crippen LogP contribution is 2.53. The van der Waals surface area contributed by atoms with Gasteiger partial charge in [0.15, 0.2) is 0 Å². The highest BCUT2D eigenvalue weighted by atomic mass is 16.5. The van der Waals surface area contributed by atoms with Gasteiger partial charge in [0, 0.05) is 6.92 Å². The topological polar surface area (TPSA) is 66.8 Å². The van der Waals surface area contributed by atoms with Crippen LogP contribution in [0.4, 0.5) is 0 Å². The number of carbonyl (C=O) groups excluding carboxylic acids is 1. The van der Waals surface area contributed by atoms with Gasteiger partial charge in [-0.05, 0) is 48.2 Å². The van der Waals surface area contributed by atoms with Crippen molar-refractivity contribution in [3.05, 3.63) is 23.8 Å². The van der Waals surface area contributed by atoms with E-state index in [1.54, 1.807) is 0 Å². The molecule has 0 amide bonds. The van der Waals surface area contributed by atoms with Gasteiger partial charge in [-0.1, -0.05) is 26.5 Å². The Morgan fingerprint density at radius 1 is 1.43 bits per heavy atom. The molecule has 0 aliphatic heterocycles. The van der Waals surface area contributed by atoms with Gasteiger partial charge in [-0.25, -0.2) is 0 Å². The van der Waals surface area contributed by atoms with Crippen molar-refractivity contribution in [1.82, 2.24) is 0 Å². The van der Waals surface area contributed by atoms with Crippen molar-refractivity contribution in [3.63, 3.8) is 0 Å². The molecule has 4 heteroatoms. The molecule has 0 bridgehead atoms. The summed E-state index contributed by atoms with van der Waals surface area (Å²) in [6.07, 6.45) is 0.664. The maximum absolute atomic E-state index is 11.3. The molecule has 0 radical (unpaired) electrons. The van der Waals surface area contributed by atoms with E-state index in [1.807, 2.05) is 13.0 Å². The molecule has 21 heavy (non-hydrogen) atoms. The smallest absolute Gasteiger partial charge is 0.303 e. The Morgan fingerprint density at radius 3 is 2.52 bits per heavy atom. The fraction of sp³-hybridized carbons (Fsp3) is 0.706. The summed E-state index contributed by atoms with van der Waals surface area (Å²) in [5.74, 6) is 0.0194. The molecule has 0 heterocycles. The minimum atomic E-state index is -0.896. The Kier molecular flexibility index (Phi) is 4.59. The second-order valence-electron chi connectivity index (χ2n) is 6.59. The maximum Gasteiger partial charge on any atom is 0.303 e. The fourth-order valence-corrected chi connectivity index (χ4v) is 4.20. The third kappa shape index (κ3) is 2.67. The molecule has 4 nitrogen and oxygen atoms in total. The fourth-order valence-electron chi connectivity index (χ4n) is 4.20. The second-order valence-corrected chi connectivity index (χ2v) is 6.59. The van der Waals surface area contributed by atoms with E-state index in [0.717, 1.165) is 5.57 Å². The lowest BCUT2D eigenvalue weighted by Crippen LogP contribution is -2.49. The highest BCUT2D eigenvalue weighted by molar-refractivity contribution is 5.66. The van der Waals surface area contributed by atoms with E-state index < -0.39 is 12.2 Å². The van der Waals surface area contributed by atoms with Gasteiger partial charge in [0.25, 0.3) is 0 Å². The Hall–Kier alpha value is -1.13. The summed E-state index contributed by atoms with van der Waals surface area (Å²) in [5.41, 5.74) is 1.72. The quantitative estimate of drug-likeness (QED) is 0.604. The van der Waals surface area contributed by atoms with Crippen LogP contribution in [0.1, 0.15) is 34.1 Å². The summed E-state index contributed by atoms with van der Waals surface area (Å²) in [5, 5.41) is 20.7. The SMILES string of the molecule is C=C1[C@H](O)[C@@H](O)[C@@H](C(C)C)[C@@H]2/C(=C/C)[C@@H](OC(C)=O)C[C@@H]12. The van der Waals surface area contributed by atoms with Gasteiger partial charge in [-0.2, -0.15) is 0 Å². The molecular weight excluding hydrogens is 268 g/mol. The predicted molar refractivity (Wildman–Crippen MR) is 80.4 cm³/mol. The van der Waals surface area contributed by atoms with E-state index >= 15 is 0 Å². The van der Waals surface area contributed by atoms with E-state index in [0.29, 0.717) is 12.0 Å². The number of carbonyl (C=O) groups is 1. The van der Waals surface area contributed by atoms with Crippen LogP contribution in [0, 0.1) is 23.7 Å². The van der Waals surface area contributed by atoms with Crippen molar-refractivity contribution >= 4 is 5.97 Å². The van der Waals surface area contributed by atoms with Crippen molar-refractivity contribution in [3.8, 4) is 0 Å². The molecule has 118 valence electrons. The predicted octanol–water partition coefficient (Wildman–Crippen LogP) is 2.06. The average molecular weight is 294 g/mol. The Morgan fingerprint density at radius 2 is 2.05 bits per heavy atom. The van der Waals surface area contributed by atoms with Crippen LogP contribution in [0.3, 0.4) is 0 Å². The summed E-state index contributed by atoms with van der Waals surface area (Å²) in [4.78, 5) is 11.3. The molecular formula is C17H26O4. The molecule has 2 fully saturated rings. The van der Waals surface area contributed by atoms with Gasteiger partial charge in [0.05, 0.1) is 6.10 Å². The molecule has 2 aliphatic rings. The van der Waals surface area contributed by atoms with Gasteiger partial charge in [-0.15, -0.1) is 0 Å². The number of esters is 1. The molecule has 6 atom stereocenters. The summed E-state index contributed by atoms with van der Waals surface area (Å²) >= 11 is 0. The molecule has 0 aromatic heterocycles. The Labute approximate surface area is 126 Å². The van der Waals surface area contributed by atoms with Crippen molar-refractivity contribution in [2.24, 2.45) is 23.7 Å². The van der Waals surface area contributed by atoms with E-state index in [1.165, 1.54) is 6.92 Å². The van der Waals surface area contributed by atoms with E-state index in [9.17, 15) is 15.0 Å². The van der Waals surface area contributed by atoms with Crippen LogP contribution in [0.5, 0.6) is 0 Å². The first-order valence-corrected chi connectivity index (χ1v) is 7.67. The van der Waals surface area contributed by atoms with Gasteiger partial charge in [0.2, 0.25) is 0 Å². The summed E-state index contributed by atoms with van der Waals surface area (Å²) < 4.78 is 5.44. The van der Waals surface area contributed by atoms with E-state index in [4.69, 9.17) is 4.74 Å². The van der Waals surface area contributed by atoms with Crippen LogP contribution < -0.4 is 0 Å². The average Bonchev–Trinajstić information content (AvgIpc) is 2.73. The zero-order chi connectivity index (χ0) is 15.9. The molecule has 0 saturated heterocycles. The molecule has 2 N–H and O–H groups in total. The number of aliphatic hydroxyl groups excluding tert-OH is 2. The van der Waals surface area contributed by atoms with Gasteiger partial charge < -0.3 is 14.9 Å². The number of fused-ring (bicyclic) bond motifs is 1. The first-order valence-electron chi connectivity index (χ1n) is 7.67. The van der Waals surface area contributed by atoms with Gasteiger partial charge in [0.1, 0.15) is 12.2 Å². The van der Waals surface area contributed by atoms with Crippen LogP contribution in [0.25, 0.3) is 0 Å². The standard InChI is InChI=1S/C17H26O4/c1-6-11-13(21-10(5)18)7-12-9(4)16(19)17(20)14(8(2)3)15(11)12/h6,8,12-17,19-20H,4,7H2,1-3,5H3/b11-6+/t12-,13-,14-,15+,16-,17-/m0/s1. The molecule has 2 saturated carbocycles. The van der Waals surface area contributed by atoms with Crippen LogP contribution in [-0.2, 0) is 9.53 Å². The van der Waals surface area contributed by atoms with Crippen molar-refractivity contribution < 1.29 is 19.7 Å². The van der Waals surface area contributed by atoms with Crippen LogP contribution in [-0.4, -0.2) is 34.5 Å². The second kappa shape index (κ2) is 5.93. The van der Waals surface area contributed by atoms with Gasteiger partial charge >= 0.3 is 5.97 Å². The highest BCUT2D eigenvalue weighted by Gasteiger charge is 2.53. The maximum atomic E-state index is 11.3. The number of rotatable bonds is 2. The Bertz CT molecular complexity index is 465. The number of allylic oxidation sites excluding steroid dienone is 1.